The summed E-state index contributed by atoms with van der Waals surface area (Å²) in [6.45, 7) is 0.985. The lowest BCUT2D eigenvalue weighted by Crippen LogP contribution is -2.17. The van der Waals surface area contributed by atoms with E-state index >= 15 is 0 Å². The number of nitrogens with two attached hydrogens (primary N) is 2. The minimum absolute atomic E-state index is 0.111. The Morgan fingerprint density at radius 3 is 1.31 bits per heavy atom. The second-order valence-corrected chi connectivity index (χ2v) is 11.3. The van der Waals surface area contributed by atoms with E-state index in [0.29, 0.717) is 37.3 Å². The molecule has 2 atom stereocenters. The van der Waals surface area contributed by atoms with E-state index in [0.717, 1.165) is 59.3 Å². The number of carbonyl (C=O) groups excluding carboxylic acids is 2. The zero-order valence-electron chi connectivity index (χ0n) is 23.9. The second-order valence-electron chi connectivity index (χ2n) is 11.3. The molecule has 4 N–H and O–H groups in total. The number of Topliss-reactive ketones (excluding diaryl/α,β-unsaturated/α-hetero) is 2. The Kier molecular flexibility index (Phi) is 9.90. The number of carbonyl (C=O) groups is 2. The molecule has 0 unspecified atom stereocenters. The van der Waals surface area contributed by atoms with Crippen LogP contribution in [0.25, 0.3) is 0 Å². The molecule has 0 aliphatic heterocycles. The third-order valence-electron chi connectivity index (χ3n) is 8.07. The molecule has 2 aromatic carbocycles. The van der Waals surface area contributed by atoms with Crippen molar-refractivity contribution in [3.8, 4) is 0 Å². The van der Waals surface area contributed by atoms with Gasteiger partial charge in [0.15, 0.2) is 0 Å². The molecule has 8 heteroatoms. The van der Waals surface area contributed by atoms with Crippen molar-refractivity contribution in [2.45, 2.75) is 76.3 Å². The molecule has 0 saturated heterocycles. The molecule has 0 radical (unpaired) electrons. The number of benzene rings is 2. The summed E-state index contributed by atoms with van der Waals surface area (Å²) < 4.78 is 0. The normalized spacial score (nSPS) is 16.7. The van der Waals surface area contributed by atoms with Gasteiger partial charge in [0.25, 0.3) is 0 Å². The molecule has 2 aromatic heterocycles. The van der Waals surface area contributed by atoms with Crippen LogP contribution >= 0.6 is 0 Å². The first-order chi connectivity index (χ1) is 20.5. The first-order valence-electron chi connectivity index (χ1n) is 14.7. The maximum absolute atomic E-state index is 12.6. The van der Waals surface area contributed by atoms with Crippen LogP contribution < -0.4 is 11.5 Å². The fourth-order valence-corrected chi connectivity index (χ4v) is 5.66. The van der Waals surface area contributed by atoms with Crippen LogP contribution in [0, 0.1) is 0 Å². The average Bonchev–Trinajstić information content (AvgIpc) is 3.02. The van der Waals surface area contributed by atoms with E-state index < -0.39 is 0 Å². The summed E-state index contributed by atoms with van der Waals surface area (Å²) >= 11 is 0. The van der Waals surface area contributed by atoms with Crippen LogP contribution in [0.3, 0.4) is 0 Å². The smallest absolute Gasteiger partial charge is 0.143 e. The van der Waals surface area contributed by atoms with Crippen LogP contribution in [0.4, 0.5) is 0 Å². The molecule has 1 saturated carbocycles. The van der Waals surface area contributed by atoms with Gasteiger partial charge in [0, 0.05) is 37.8 Å². The van der Waals surface area contributed by atoms with Crippen molar-refractivity contribution in [3.05, 3.63) is 118 Å². The lowest BCUT2D eigenvalue weighted by Gasteiger charge is -2.28. The maximum atomic E-state index is 12.6. The number of hydrogen-bond donors (Lipinski definition) is 2. The maximum Gasteiger partial charge on any atom is 0.143 e. The van der Waals surface area contributed by atoms with E-state index in [4.69, 9.17) is 11.5 Å². The fraction of sp³-hybridized carbons (Fsp3) is 0.353. The van der Waals surface area contributed by atoms with Gasteiger partial charge in [-0.2, -0.15) is 20.4 Å². The Bertz CT molecular complexity index is 1360. The molecule has 1 aliphatic carbocycles. The molecule has 4 aromatic rings. The quantitative estimate of drug-likeness (QED) is 0.260. The lowest BCUT2D eigenvalue weighted by atomic mass is 9.78. The summed E-state index contributed by atoms with van der Waals surface area (Å²) in [6, 6.07) is 23.5. The van der Waals surface area contributed by atoms with Gasteiger partial charge in [0.05, 0.1) is 35.6 Å². The van der Waals surface area contributed by atoms with Gasteiger partial charge in [-0.3, -0.25) is 9.59 Å². The van der Waals surface area contributed by atoms with Gasteiger partial charge in [-0.25, -0.2) is 0 Å². The zero-order chi connectivity index (χ0) is 29.3. The van der Waals surface area contributed by atoms with E-state index in [-0.39, 0.29) is 36.2 Å². The van der Waals surface area contributed by atoms with Crippen LogP contribution in [0.2, 0.25) is 0 Å². The van der Waals surface area contributed by atoms with Crippen molar-refractivity contribution in [2.75, 3.05) is 0 Å². The fourth-order valence-electron chi connectivity index (χ4n) is 5.66. The summed E-state index contributed by atoms with van der Waals surface area (Å²) in [4.78, 5) is 25.2. The highest BCUT2D eigenvalue weighted by atomic mass is 16.1. The Morgan fingerprint density at radius 1 is 0.548 bits per heavy atom. The number of nitrogens with zero attached hydrogens (tertiary/aromatic N) is 4. The van der Waals surface area contributed by atoms with Gasteiger partial charge in [0.1, 0.15) is 11.6 Å². The number of aromatic nitrogens is 4. The zero-order valence-corrected chi connectivity index (χ0v) is 23.9. The molecule has 0 spiro atoms. The van der Waals surface area contributed by atoms with Gasteiger partial charge in [-0.05, 0) is 65.8 Å². The lowest BCUT2D eigenvalue weighted by molar-refractivity contribution is -0.118. The van der Waals surface area contributed by atoms with Crippen molar-refractivity contribution in [1.29, 1.82) is 0 Å². The Labute approximate surface area is 247 Å². The largest absolute Gasteiger partial charge is 0.326 e. The Balaban J connectivity index is 1.12. The molecule has 0 amide bonds. The van der Waals surface area contributed by atoms with Gasteiger partial charge in [0.2, 0.25) is 0 Å². The molecule has 42 heavy (non-hydrogen) atoms. The SMILES string of the molecule is NCc1ccc(CC(=O)Cc2ccc([C@H]3CCC[C@H](c4ccc(CC(=O)Cc5ccc(CN)cc5)nn4)C3)nn2)cc1. The van der Waals surface area contributed by atoms with E-state index in [2.05, 4.69) is 20.4 Å². The summed E-state index contributed by atoms with van der Waals surface area (Å²) in [6.07, 6.45) is 5.38. The van der Waals surface area contributed by atoms with Crippen molar-refractivity contribution in [3.63, 3.8) is 0 Å². The first-order valence-corrected chi connectivity index (χ1v) is 14.7. The molecule has 8 nitrogen and oxygen atoms in total. The van der Waals surface area contributed by atoms with Crippen LogP contribution in [0.5, 0.6) is 0 Å². The van der Waals surface area contributed by atoms with Crippen molar-refractivity contribution in [2.24, 2.45) is 11.5 Å². The summed E-state index contributed by atoms with van der Waals surface area (Å²) in [7, 11) is 0. The van der Waals surface area contributed by atoms with E-state index in [1.165, 1.54) is 0 Å². The molecule has 0 bridgehead atoms. The molecule has 216 valence electrons. The second kappa shape index (κ2) is 14.2. The predicted octanol–water partition coefficient (Wildman–Crippen LogP) is 4.33. The minimum atomic E-state index is 0.111. The third kappa shape index (κ3) is 7.99. The van der Waals surface area contributed by atoms with Gasteiger partial charge < -0.3 is 11.5 Å². The molecule has 2 heterocycles. The van der Waals surface area contributed by atoms with Gasteiger partial charge in [-0.15, -0.1) is 0 Å². The number of hydrogen-bond acceptors (Lipinski definition) is 8. The topological polar surface area (TPSA) is 138 Å². The Morgan fingerprint density at radius 2 is 0.952 bits per heavy atom. The predicted molar refractivity (Wildman–Crippen MR) is 162 cm³/mol. The van der Waals surface area contributed by atoms with Crippen LogP contribution in [-0.4, -0.2) is 32.0 Å². The average molecular weight is 563 g/mol. The van der Waals surface area contributed by atoms with Gasteiger partial charge in [-0.1, -0.05) is 55.0 Å². The van der Waals surface area contributed by atoms with E-state index in [1.54, 1.807) is 0 Å². The standard InChI is InChI=1S/C34H38N6O2/c35-21-25-8-4-23(5-9-25)16-31(41)19-29-12-14-33(39-37-29)27-2-1-3-28(18-27)34-15-13-30(38-40-34)20-32(42)17-24-6-10-26(22-36)11-7-24/h4-15,27-28H,1-3,16-22,35-36H2/t27-,28-/m0/s1. The van der Waals surface area contributed by atoms with Crippen molar-refractivity contribution < 1.29 is 9.59 Å². The molecule has 5 rings (SSSR count). The summed E-state index contributed by atoms with van der Waals surface area (Å²) in [5, 5.41) is 17.8. The Hall–Kier alpha value is -4.14. The highest BCUT2D eigenvalue weighted by Crippen LogP contribution is 2.39. The van der Waals surface area contributed by atoms with Crippen LogP contribution in [0.15, 0.2) is 72.8 Å². The number of rotatable bonds is 12. The van der Waals surface area contributed by atoms with E-state index in [9.17, 15) is 9.59 Å². The van der Waals surface area contributed by atoms with Gasteiger partial charge >= 0.3 is 0 Å². The first kappa shape index (κ1) is 29.4. The van der Waals surface area contributed by atoms with Crippen molar-refractivity contribution in [1.82, 2.24) is 20.4 Å². The third-order valence-corrected chi connectivity index (χ3v) is 8.07. The monoisotopic (exact) mass is 562 g/mol. The van der Waals surface area contributed by atoms with E-state index in [1.807, 2.05) is 72.8 Å². The minimum Gasteiger partial charge on any atom is -0.326 e. The highest BCUT2D eigenvalue weighted by Gasteiger charge is 2.27. The van der Waals surface area contributed by atoms with Crippen LogP contribution in [0.1, 0.15) is 82.5 Å². The molecular formula is C34H38N6O2. The molecular weight excluding hydrogens is 524 g/mol. The highest BCUT2D eigenvalue weighted by molar-refractivity contribution is 5.83. The summed E-state index contributed by atoms with van der Waals surface area (Å²) in [5.74, 6) is 0.798. The van der Waals surface area contributed by atoms with Crippen molar-refractivity contribution >= 4 is 11.6 Å². The molecule has 1 fully saturated rings. The number of ketones is 2. The summed E-state index contributed by atoms with van der Waals surface area (Å²) in [5.41, 5.74) is 18.7. The van der Waals surface area contributed by atoms with Crippen LogP contribution in [-0.2, 0) is 48.4 Å². The molecule has 1 aliphatic rings.